The normalized spacial score (nSPS) is 18.1. The lowest BCUT2D eigenvalue weighted by molar-refractivity contribution is 0.807. The van der Waals surface area contributed by atoms with Crippen LogP contribution in [0.1, 0.15) is 22.9 Å². The monoisotopic (exact) mass is 208 g/mol. The van der Waals surface area contributed by atoms with E-state index in [2.05, 4.69) is 34.2 Å². The Labute approximate surface area is 94.7 Å². The lowest BCUT2D eigenvalue weighted by atomic mass is 9.94. The Kier molecular flexibility index (Phi) is 2.26. The third-order valence-corrected chi connectivity index (χ3v) is 2.88. The Morgan fingerprint density at radius 1 is 1.00 bits per heavy atom. The molecule has 2 heteroatoms. The van der Waals surface area contributed by atoms with E-state index in [0.29, 0.717) is 0 Å². The van der Waals surface area contributed by atoms with E-state index in [4.69, 9.17) is 0 Å². The minimum atomic E-state index is 0.0751. The van der Waals surface area contributed by atoms with E-state index in [1.807, 2.05) is 30.6 Å². The average molecular weight is 208 g/mol. The second-order valence-electron chi connectivity index (χ2n) is 3.89. The largest absolute Gasteiger partial charge is 0.283 e. The first-order chi connectivity index (χ1) is 7.95. The third-order valence-electron chi connectivity index (χ3n) is 2.88. The molecule has 0 spiro atoms. The Balaban J connectivity index is 2.09. The summed E-state index contributed by atoms with van der Waals surface area (Å²) in [5.41, 5.74) is 3.66. The molecule has 1 atom stereocenters. The van der Waals surface area contributed by atoms with Crippen LogP contribution < -0.4 is 0 Å². The minimum absolute atomic E-state index is 0.0751. The molecule has 0 amide bonds. The van der Waals surface area contributed by atoms with Gasteiger partial charge in [0.25, 0.3) is 0 Å². The highest BCUT2D eigenvalue weighted by molar-refractivity contribution is 5.66. The van der Waals surface area contributed by atoms with Gasteiger partial charge in [-0.25, -0.2) is 0 Å². The molecule has 2 aromatic rings. The Morgan fingerprint density at radius 2 is 1.88 bits per heavy atom. The summed E-state index contributed by atoms with van der Waals surface area (Å²) in [5, 5.41) is 0. The van der Waals surface area contributed by atoms with Crippen LogP contribution in [0.3, 0.4) is 0 Å². The van der Waals surface area contributed by atoms with Crippen LogP contribution in [0.4, 0.5) is 0 Å². The number of nitrogens with zero attached hydrogens (tertiary/aromatic N) is 2. The summed E-state index contributed by atoms with van der Waals surface area (Å²) in [7, 11) is 0. The molecule has 2 nitrogen and oxygen atoms in total. The predicted molar refractivity (Wildman–Crippen MR) is 64.7 cm³/mol. The van der Waals surface area contributed by atoms with E-state index in [1.54, 1.807) is 0 Å². The molecular formula is C14H12N2. The van der Waals surface area contributed by atoms with Gasteiger partial charge in [0.15, 0.2) is 0 Å². The molecule has 3 rings (SSSR count). The maximum atomic E-state index is 4.55. The van der Waals surface area contributed by atoms with Gasteiger partial charge < -0.3 is 0 Å². The van der Waals surface area contributed by atoms with Crippen LogP contribution >= 0.6 is 0 Å². The maximum Gasteiger partial charge on any atom is 0.117 e. The van der Waals surface area contributed by atoms with Crippen molar-refractivity contribution in [1.29, 1.82) is 0 Å². The first kappa shape index (κ1) is 9.28. The zero-order valence-electron chi connectivity index (χ0n) is 8.88. The van der Waals surface area contributed by atoms with Gasteiger partial charge in [0, 0.05) is 18.8 Å². The van der Waals surface area contributed by atoms with Gasteiger partial charge in [-0.15, -0.1) is 0 Å². The highest BCUT2D eigenvalue weighted by Crippen LogP contribution is 2.29. The van der Waals surface area contributed by atoms with Gasteiger partial charge in [-0.2, -0.15) is 0 Å². The second-order valence-corrected chi connectivity index (χ2v) is 3.89. The molecule has 0 fully saturated rings. The number of aliphatic imine (C=N–C) groups is 1. The molecule has 1 aromatic heterocycles. The Bertz CT molecular complexity index is 517. The molecule has 0 saturated heterocycles. The third kappa shape index (κ3) is 1.52. The number of pyridine rings is 1. The molecule has 0 radical (unpaired) electrons. The lowest BCUT2D eigenvalue weighted by Crippen LogP contribution is -2.09. The molecule has 1 aliphatic heterocycles. The number of hydrogen-bond acceptors (Lipinski definition) is 2. The van der Waals surface area contributed by atoms with E-state index >= 15 is 0 Å². The predicted octanol–water partition coefficient (Wildman–Crippen LogP) is 2.80. The molecule has 0 aliphatic carbocycles. The van der Waals surface area contributed by atoms with Gasteiger partial charge in [0.2, 0.25) is 0 Å². The van der Waals surface area contributed by atoms with E-state index in [1.165, 1.54) is 11.1 Å². The van der Waals surface area contributed by atoms with Crippen LogP contribution in [0.15, 0.2) is 53.7 Å². The van der Waals surface area contributed by atoms with Crippen molar-refractivity contribution in [1.82, 2.24) is 4.98 Å². The first-order valence-electron chi connectivity index (χ1n) is 5.45. The van der Waals surface area contributed by atoms with Crippen molar-refractivity contribution < 1.29 is 0 Å². The van der Waals surface area contributed by atoms with Gasteiger partial charge in [-0.3, -0.25) is 9.98 Å². The highest BCUT2D eigenvalue weighted by Gasteiger charge is 2.18. The molecule has 1 unspecified atom stereocenters. The topological polar surface area (TPSA) is 25.2 Å². The molecule has 1 aliphatic rings. The molecule has 0 saturated carbocycles. The smallest absolute Gasteiger partial charge is 0.117 e. The zero-order chi connectivity index (χ0) is 10.8. The summed E-state index contributed by atoms with van der Waals surface area (Å²) in [6.07, 6.45) is 4.74. The van der Waals surface area contributed by atoms with E-state index in [-0.39, 0.29) is 6.04 Å². The number of benzene rings is 1. The summed E-state index contributed by atoms with van der Waals surface area (Å²) in [6, 6.07) is 14.5. The lowest BCUT2D eigenvalue weighted by Gasteiger charge is -2.19. The number of aromatic nitrogens is 1. The van der Waals surface area contributed by atoms with Gasteiger partial charge in [0.1, 0.15) is 6.04 Å². The SMILES string of the molecule is C1=NC(c2ccccn2)c2ccccc2C1. The van der Waals surface area contributed by atoms with Crippen LogP contribution in [0.5, 0.6) is 0 Å². The number of fused-ring (bicyclic) bond motifs is 1. The van der Waals surface area contributed by atoms with Crippen LogP contribution in [0.25, 0.3) is 0 Å². The Hall–Kier alpha value is -1.96. The fourth-order valence-corrected chi connectivity index (χ4v) is 2.10. The second kappa shape index (κ2) is 3.89. The van der Waals surface area contributed by atoms with Crippen molar-refractivity contribution >= 4 is 6.21 Å². The van der Waals surface area contributed by atoms with Crippen molar-refractivity contribution in [2.75, 3.05) is 0 Å². The zero-order valence-corrected chi connectivity index (χ0v) is 8.88. The summed E-state index contributed by atoms with van der Waals surface area (Å²) in [6.45, 7) is 0. The summed E-state index contributed by atoms with van der Waals surface area (Å²) in [5.74, 6) is 0. The molecule has 0 N–H and O–H groups in total. The maximum absolute atomic E-state index is 4.55. The standard InChI is InChI=1S/C14H12N2/c1-2-6-12-11(5-1)8-10-16-14(12)13-7-3-4-9-15-13/h1-7,9-10,14H,8H2. The Morgan fingerprint density at radius 3 is 2.75 bits per heavy atom. The van der Waals surface area contributed by atoms with Gasteiger partial charge in [-0.1, -0.05) is 30.3 Å². The molecule has 0 bridgehead atoms. The molecule has 16 heavy (non-hydrogen) atoms. The van der Waals surface area contributed by atoms with E-state index < -0.39 is 0 Å². The van der Waals surface area contributed by atoms with Crippen molar-refractivity contribution in [2.24, 2.45) is 4.99 Å². The quantitative estimate of drug-likeness (QED) is 0.707. The van der Waals surface area contributed by atoms with E-state index in [0.717, 1.165) is 12.1 Å². The van der Waals surface area contributed by atoms with Crippen LogP contribution in [0.2, 0.25) is 0 Å². The van der Waals surface area contributed by atoms with Gasteiger partial charge >= 0.3 is 0 Å². The number of rotatable bonds is 1. The average Bonchev–Trinajstić information content (AvgIpc) is 2.39. The van der Waals surface area contributed by atoms with E-state index in [9.17, 15) is 0 Å². The fourth-order valence-electron chi connectivity index (χ4n) is 2.10. The summed E-state index contributed by atoms with van der Waals surface area (Å²) < 4.78 is 0. The van der Waals surface area contributed by atoms with Crippen LogP contribution in [0, 0.1) is 0 Å². The molecule has 2 heterocycles. The molecule has 78 valence electrons. The van der Waals surface area contributed by atoms with Crippen molar-refractivity contribution in [3.8, 4) is 0 Å². The van der Waals surface area contributed by atoms with Crippen molar-refractivity contribution in [3.05, 3.63) is 65.5 Å². The van der Waals surface area contributed by atoms with Gasteiger partial charge in [0.05, 0.1) is 5.69 Å². The van der Waals surface area contributed by atoms with Crippen LogP contribution in [-0.4, -0.2) is 11.2 Å². The van der Waals surface area contributed by atoms with Crippen molar-refractivity contribution in [3.63, 3.8) is 0 Å². The summed E-state index contributed by atoms with van der Waals surface area (Å²) in [4.78, 5) is 8.94. The minimum Gasteiger partial charge on any atom is -0.283 e. The highest BCUT2D eigenvalue weighted by atomic mass is 14.8. The summed E-state index contributed by atoms with van der Waals surface area (Å²) >= 11 is 0. The molecule has 1 aromatic carbocycles. The van der Waals surface area contributed by atoms with Crippen molar-refractivity contribution in [2.45, 2.75) is 12.5 Å². The first-order valence-corrected chi connectivity index (χ1v) is 5.45. The fraction of sp³-hybridized carbons (Fsp3) is 0.143. The number of hydrogen-bond donors (Lipinski definition) is 0. The van der Waals surface area contributed by atoms with Gasteiger partial charge in [-0.05, 0) is 23.3 Å². The van der Waals surface area contributed by atoms with Crippen LogP contribution in [-0.2, 0) is 6.42 Å². The molecular weight excluding hydrogens is 196 g/mol.